The van der Waals surface area contributed by atoms with Crippen LogP contribution in [0.4, 0.5) is 4.39 Å². The second-order valence-corrected chi connectivity index (χ2v) is 4.87. The van der Waals surface area contributed by atoms with E-state index < -0.39 is 0 Å². The highest BCUT2D eigenvalue weighted by atomic mass is 19.1. The van der Waals surface area contributed by atoms with Crippen LogP contribution in [0.2, 0.25) is 0 Å². The molecular weight excluding hydrogens is 247 g/mol. The van der Waals surface area contributed by atoms with E-state index >= 15 is 0 Å². The van der Waals surface area contributed by atoms with Crippen molar-refractivity contribution in [3.05, 3.63) is 35.6 Å². The molecule has 0 spiro atoms. The molecule has 2 unspecified atom stereocenters. The van der Waals surface area contributed by atoms with Crippen LogP contribution >= 0.6 is 0 Å². The molecule has 1 aromatic rings. The summed E-state index contributed by atoms with van der Waals surface area (Å²) in [5.74, 6) is -0.425. The summed E-state index contributed by atoms with van der Waals surface area (Å²) >= 11 is 0. The highest BCUT2D eigenvalue weighted by Crippen LogP contribution is 2.14. The summed E-state index contributed by atoms with van der Waals surface area (Å²) in [4.78, 5) is 13.9. The van der Waals surface area contributed by atoms with Gasteiger partial charge in [0.15, 0.2) is 0 Å². The number of hydrogen-bond acceptors (Lipinski definition) is 3. The van der Waals surface area contributed by atoms with Gasteiger partial charge in [0.25, 0.3) is 0 Å². The van der Waals surface area contributed by atoms with Crippen molar-refractivity contribution < 1.29 is 13.9 Å². The van der Waals surface area contributed by atoms with Gasteiger partial charge in [0, 0.05) is 19.6 Å². The molecule has 19 heavy (non-hydrogen) atoms. The van der Waals surface area contributed by atoms with Crippen molar-refractivity contribution in [1.82, 2.24) is 4.90 Å². The number of ether oxygens (including phenoxy) is 1. The SMILES string of the molecule is CC1CN(C(=O)Cc2ccccc2F)CC(CN)O1. The number of benzene rings is 1. The third kappa shape index (κ3) is 3.52. The molecule has 1 aromatic carbocycles. The summed E-state index contributed by atoms with van der Waals surface area (Å²) in [6, 6.07) is 6.35. The van der Waals surface area contributed by atoms with Gasteiger partial charge < -0.3 is 15.4 Å². The van der Waals surface area contributed by atoms with Crippen molar-refractivity contribution in [2.24, 2.45) is 5.73 Å². The zero-order valence-corrected chi connectivity index (χ0v) is 11.0. The molecule has 1 fully saturated rings. The van der Waals surface area contributed by atoms with Gasteiger partial charge in [0.2, 0.25) is 5.91 Å². The van der Waals surface area contributed by atoms with Crippen LogP contribution in [0, 0.1) is 5.82 Å². The Hall–Kier alpha value is -1.46. The minimum atomic E-state index is -0.340. The van der Waals surface area contributed by atoms with E-state index in [2.05, 4.69) is 0 Å². The van der Waals surface area contributed by atoms with Crippen molar-refractivity contribution in [2.75, 3.05) is 19.6 Å². The number of hydrogen-bond donors (Lipinski definition) is 1. The maximum Gasteiger partial charge on any atom is 0.227 e. The van der Waals surface area contributed by atoms with Gasteiger partial charge in [0.1, 0.15) is 5.82 Å². The van der Waals surface area contributed by atoms with Crippen molar-refractivity contribution in [2.45, 2.75) is 25.6 Å². The van der Waals surface area contributed by atoms with Crippen LogP contribution in [-0.4, -0.2) is 42.6 Å². The number of rotatable bonds is 3. The number of morpholine rings is 1. The predicted molar refractivity (Wildman–Crippen MR) is 70.1 cm³/mol. The van der Waals surface area contributed by atoms with Crippen LogP contribution in [0.25, 0.3) is 0 Å². The standard InChI is InChI=1S/C14H19FN2O2/c1-10-8-17(9-12(7-16)19-10)14(18)6-11-4-2-3-5-13(11)15/h2-5,10,12H,6-9,16H2,1H3. The highest BCUT2D eigenvalue weighted by molar-refractivity contribution is 5.79. The molecule has 2 N–H and O–H groups in total. The normalized spacial score (nSPS) is 23.4. The van der Waals surface area contributed by atoms with Gasteiger partial charge in [-0.15, -0.1) is 0 Å². The van der Waals surface area contributed by atoms with E-state index in [4.69, 9.17) is 10.5 Å². The van der Waals surface area contributed by atoms with E-state index in [1.54, 1.807) is 23.1 Å². The number of halogens is 1. The van der Waals surface area contributed by atoms with E-state index in [1.807, 2.05) is 6.92 Å². The lowest BCUT2D eigenvalue weighted by Crippen LogP contribution is -2.51. The minimum absolute atomic E-state index is 0.0353. The summed E-state index contributed by atoms with van der Waals surface area (Å²) in [5, 5.41) is 0. The zero-order valence-electron chi connectivity index (χ0n) is 11.0. The average Bonchev–Trinajstić information content (AvgIpc) is 2.40. The molecule has 0 radical (unpaired) electrons. The summed E-state index contributed by atoms with van der Waals surface area (Å²) in [7, 11) is 0. The molecule has 1 aliphatic rings. The van der Waals surface area contributed by atoms with Crippen LogP contribution in [0.15, 0.2) is 24.3 Å². The molecule has 5 heteroatoms. The fourth-order valence-corrected chi connectivity index (χ4v) is 2.30. The van der Waals surface area contributed by atoms with Crippen LogP contribution in [0.5, 0.6) is 0 Å². The molecule has 4 nitrogen and oxygen atoms in total. The molecule has 1 saturated heterocycles. The maximum atomic E-state index is 13.5. The lowest BCUT2D eigenvalue weighted by atomic mass is 10.1. The van der Waals surface area contributed by atoms with Crippen LogP contribution in [0.1, 0.15) is 12.5 Å². The lowest BCUT2D eigenvalue weighted by molar-refractivity contribution is -0.143. The second kappa shape index (κ2) is 6.12. The number of amides is 1. The second-order valence-electron chi connectivity index (χ2n) is 4.87. The van der Waals surface area contributed by atoms with E-state index in [0.29, 0.717) is 25.2 Å². The smallest absolute Gasteiger partial charge is 0.227 e. The Labute approximate surface area is 112 Å². The number of nitrogens with zero attached hydrogens (tertiary/aromatic N) is 1. The van der Waals surface area contributed by atoms with Gasteiger partial charge in [-0.2, -0.15) is 0 Å². The topological polar surface area (TPSA) is 55.6 Å². The molecule has 0 aromatic heterocycles. The maximum absolute atomic E-state index is 13.5. The van der Waals surface area contributed by atoms with E-state index in [0.717, 1.165) is 0 Å². The molecule has 2 rings (SSSR count). The van der Waals surface area contributed by atoms with Crippen LogP contribution in [0.3, 0.4) is 0 Å². The summed E-state index contributed by atoms with van der Waals surface area (Å²) in [6.45, 7) is 3.30. The Morgan fingerprint density at radius 2 is 2.21 bits per heavy atom. The summed E-state index contributed by atoms with van der Waals surface area (Å²) in [6.07, 6.45) is -0.0864. The first-order valence-corrected chi connectivity index (χ1v) is 6.47. The van der Waals surface area contributed by atoms with E-state index in [-0.39, 0.29) is 30.4 Å². The fraction of sp³-hybridized carbons (Fsp3) is 0.500. The van der Waals surface area contributed by atoms with Gasteiger partial charge in [-0.1, -0.05) is 18.2 Å². The summed E-state index contributed by atoms with van der Waals surface area (Å²) < 4.78 is 19.1. The largest absolute Gasteiger partial charge is 0.370 e. The quantitative estimate of drug-likeness (QED) is 0.886. The average molecular weight is 266 g/mol. The lowest BCUT2D eigenvalue weighted by Gasteiger charge is -2.36. The van der Waals surface area contributed by atoms with Crippen molar-refractivity contribution in [1.29, 1.82) is 0 Å². The van der Waals surface area contributed by atoms with Gasteiger partial charge in [0.05, 0.1) is 18.6 Å². The molecule has 0 aliphatic carbocycles. The van der Waals surface area contributed by atoms with Gasteiger partial charge >= 0.3 is 0 Å². The molecule has 1 heterocycles. The van der Waals surface area contributed by atoms with Crippen LogP contribution < -0.4 is 5.73 Å². The third-order valence-electron chi connectivity index (χ3n) is 3.24. The first-order valence-electron chi connectivity index (χ1n) is 6.47. The minimum Gasteiger partial charge on any atom is -0.370 e. The monoisotopic (exact) mass is 266 g/mol. The zero-order chi connectivity index (χ0) is 13.8. The summed E-state index contributed by atoms with van der Waals surface area (Å²) in [5.41, 5.74) is 6.01. The van der Waals surface area contributed by atoms with Gasteiger partial charge in [-0.25, -0.2) is 4.39 Å². The number of carbonyl (C=O) groups is 1. The first-order chi connectivity index (χ1) is 9.10. The molecule has 104 valence electrons. The Kier molecular flexibility index (Phi) is 4.50. The van der Waals surface area contributed by atoms with E-state index in [1.165, 1.54) is 6.07 Å². The van der Waals surface area contributed by atoms with Crippen molar-refractivity contribution in [3.63, 3.8) is 0 Å². The van der Waals surface area contributed by atoms with Gasteiger partial charge in [-0.05, 0) is 18.6 Å². The van der Waals surface area contributed by atoms with Crippen molar-refractivity contribution >= 4 is 5.91 Å². The fourth-order valence-electron chi connectivity index (χ4n) is 2.30. The Balaban J connectivity index is 2.01. The molecule has 0 bridgehead atoms. The molecule has 1 aliphatic heterocycles. The molecule has 2 atom stereocenters. The highest BCUT2D eigenvalue weighted by Gasteiger charge is 2.27. The number of nitrogens with two attached hydrogens (primary N) is 1. The van der Waals surface area contributed by atoms with Crippen molar-refractivity contribution in [3.8, 4) is 0 Å². The van der Waals surface area contributed by atoms with Gasteiger partial charge in [-0.3, -0.25) is 4.79 Å². The first kappa shape index (κ1) is 14.0. The van der Waals surface area contributed by atoms with E-state index in [9.17, 15) is 9.18 Å². The Morgan fingerprint density at radius 3 is 2.89 bits per heavy atom. The molecule has 1 amide bonds. The Bertz CT molecular complexity index is 453. The third-order valence-corrected chi connectivity index (χ3v) is 3.24. The molecule has 0 saturated carbocycles. The molecular formula is C14H19FN2O2. The number of carbonyl (C=O) groups excluding carboxylic acids is 1. The van der Waals surface area contributed by atoms with Crippen LogP contribution in [-0.2, 0) is 16.0 Å². The Morgan fingerprint density at radius 1 is 1.47 bits per heavy atom. The predicted octanol–water partition coefficient (Wildman–Crippen LogP) is 0.943.